The Kier molecular flexibility index (Phi) is 3.27. The Balaban J connectivity index is 2.24. The van der Waals surface area contributed by atoms with Crippen LogP contribution in [0.1, 0.15) is 29.7 Å². The number of aromatic nitrogens is 2. The van der Waals surface area contributed by atoms with Crippen LogP contribution in [-0.4, -0.2) is 10.2 Å². The summed E-state index contributed by atoms with van der Waals surface area (Å²) < 4.78 is 0. The lowest BCUT2D eigenvalue weighted by Gasteiger charge is -2.11. The quantitative estimate of drug-likeness (QED) is 0.849. The zero-order chi connectivity index (χ0) is 11.4. The van der Waals surface area contributed by atoms with Gasteiger partial charge >= 0.3 is 0 Å². The van der Waals surface area contributed by atoms with Gasteiger partial charge in [-0.1, -0.05) is 31.2 Å². The molecule has 1 atom stereocenters. The van der Waals surface area contributed by atoms with Crippen LogP contribution in [0.25, 0.3) is 0 Å². The number of hydrogen-bond acceptors (Lipinski definition) is 3. The van der Waals surface area contributed by atoms with Gasteiger partial charge in [0.15, 0.2) is 0 Å². The van der Waals surface area contributed by atoms with Gasteiger partial charge in [0.05, 0.1) is 12.2 Å². The van der Waals surface area contributed by atoms with Crippen molar-refractivity contribution in [2.24, 2.45) is 5.73 Å². The van der Waals surface area contributed by atoms with E-state index in [2.05, 4.69) is 41.4 Å². The maximum atomic E-state index is 6.14. The minimum atomic E-state index is -0.124. The average molecular weight is 213 g/mol. The molecule has 1 unspecified atom stereocenters. The van der Waals surface area contributed by atoms with Crippen molar-refractivity contribution in [1.82, 2.24) is 10.2 Å². The van der Waals surface area contributed by atoms with E-state index in [4.69, 9.17) is 5.73 Å². The van der Waals surface area contributed by atoms with Gasteiger partial charge in [-0.25, -0.2) is 0 Å². The van der Waals surface area contributed by atoms with Gasteiger partial charge in [-0.05, 0) is 29.2 Å². The highest BCUT2D eigenvalue weighted by Crippen LogP contribution is 2.18. The number of benzene rings is 1. The normalized spacial score (nSPS) is 12.4. The second-order valence-corrected chi connectivity index (χ2v) is 3.75. The maximum absolute atomic E-state index is 6.14. The number of rotatable bonds is 3. The van der Waals surface area contributed by atoms with Gasteiger partial charge < -0.3 is 5.73 Å². The molecule has 0 aliphatic rings. The Hall–Kier alpha value is -1.74. The molecule has 0 saturated heterocycles. The van der Waals surface area contributed by atoms with Crippen molar-refractivity contribution >= 4 is 0 Å². The molecule has 0 radical (unpaired) electrons. The summed E-state index contributed by atoms with van der Waals surface area (Å²) in [6.45, 7) is 2.14. The van der Waals surface area contributed by atoms with Crippen molar-refractivity contribution in [3.8, 4) is 0 Å². The molecule has 0 saturated carbocycles. The molecule has 3 nitrogen and oxygen atoms in total. The van der Waals surface area contributed by atoms with Gasteiger partial charge in [-0.15, -0.1) is 0 Å². The minimum Gasteiger partial charge on any atom is -0.320 e. The summed E-state index contributed by atoms with van der Waals surface area (Å²) in [6.07, 6.45) is 4.42. The molecule has 0 aliphatic carbocycles. The summed E-state index contributed by atoms with van der Waals surface area (Å²) in [5, 5.41) is 7.58. The molecule has 16 heavy (non-hydrogen) atoms. The average Bonchev–Trinajstić information content (AvgIpc) is 2.39. The van der Waals surface area contributed by atoms with Crippen LogP contribution in [0.15, 0.2) is 42.7 Å². The van der Waals surface area contributed by atoms with E-state index in [9.17, 15) is 0 Å². The van der Waals surface area contributed by atoms with Gasteiger partial charge in [0.1, 0.15) is 0 Å². The third kappa shape index (κ3) is 2.25. The van der Waals surface area contributed by atoms with Crippen molar-refractivity contribution in [1.29, 1.82) is 0 Å². The SMILES string of the molecule is CCc1ccc(C(N)c2ccnnc2)cc1. The first-order valence-electron chi connectivity index (χ1n) is 5.42. The van der Waals surface area contributed by atoms with Crippen LogP contribution < -0.4 is 5.73 Å². The van der Waals surface area contributed by atoms with Crippen molar-refractivity contribution in [3.63, 3.8) is 0 Å². The van der Waals surface area contributed by atoms with Crippen LogP contribution in [0.2, 0.25) is 0 Å². The summed E-state index contributed by atoms with van der Waals surface area (Å²) in [5.74, 6) is 0. The minimum absolute atomic E-state index is 0.124. The van der Waals surface area contributed by atoms with E-state index in [0.717, 1.165) is 17.5 Å². The number of nitrogens with two attached hydrogens (primary N) is 1. The highest BCUT2D eigenvalue weighted by molar-refractivity contribution is 5.31. The zero-order valence-corrected chi connectivity index (χ0v) is 9.30. The van der Waals surface area contributed by atoms with E-state index in [0.29, 0.717) is 0 Å². The summed E-state index contributed by atoms with van der Waals surface area (Å²) in [4.78, 5) is 0. The first kappa shape index (κ1) is 10.8. The van der Waals surface area contributed by atoms with Crippen molar-refractivity contribution < 1.29 is 0 Å². The molecule has 1 aromatic heterocycles. The van der Waals surface area contributed by atoms with E-state index >= 15 is 0 Å². The highest BCUT2D eigenvalue weighted by atomic mass is 15.1. The largest absolute Gasteiger partial charge is 0.320 e. The molecule has 2 aromatic rings. The summed E-state index contributed by atoms with van der Waals surface area (Å²) in [6, 6.07) is 10.1. The Bertz CT molecular complexity index is 436. The van der Waals surface area contributed by atoms with Gasteiger partial charge in [0, 0.05) is 6.20 Å². The highest BCUT2D eigenvalue weighted by Gasteiger charge is 2.08. The van der Waals surface area contributed by atoms with Crippen LogP contribution in [0, 0.1) is 0 Å². The topological polar surface area (TPSA) is 51.8 Å². The van der Waals surface area contributed by atoms with Crippen LogP contribution in [-0.2, 0) is 6.42 Å². The van der Waals surface area contributed by atoms with E-state index in [1.54, 1.807) is 12.4 Å². The molecular formula is C13H15N3. The number of nitrogens with zero attached hydrogens (tertiary/aromatic N) is 2. The first-order valence-corrected chi connectivity index (χ1v) is 5.42. The van der Waals surface area contributed by atoms with E-state index in [-0.39, 0.29) is 6.04 Å². The van der Waals surface area contributed by atoms with Gasteiger partial charge in [-0.3, -0.25) is 0 Å². The second kappa shape index (κ2) is 4.86. The molecule has 0 aliphatic heterocycles. The van der Waals surface area contributed by atoms with E-state index < -0.39 is 0 Å². The molecule has 0 fully saturated rings. The third-order valence-corrected chi connectivity index (χ3v) is 2.71. The van der Waals surface area contributed by atoms with Crippen molar-refractivity contribution in [2.45, 2.75) is 19.4 Å². The molecule has 1 aromatic carbocycles. The smallest absolute Gasteiger partial charge is 0.0568 e. The molecule has 0 spiro atoms. The Morgan fingerprint density at radius 3 is 2.38 bits per heavy atom. The molecular weight excluding hydrogens is 198 g/mol. The fourth-order valence-electron chi connectivity index (χ4n) is 1.64. The Morgan fingerprint density at radius 2 is 1.81 bits per heavy atom. The lowest BCUT2D eigenvalue weighted by atomic mass is 10.00. The summed E-state index contributed by atoms with van der Waals surface area (Å²) in [5.41, 5.74) is 9.55. The third-order valence-electron chi connectivity index (χ3n) is 2.71. The number of hydrogen-bond donors (Lipinski definition) is 1. The molecule has 0 amide bonds. The number of aryl methyl sites for hydroxylation is 1. The summed E-state index contributed by atoms with van der Waals surface area (Å²) in [7, 11) is 0. The molecule has 82 valence electrons. The Morgan fingerprint density at radius 1 is 1.06 bits per heavy atom. The van der Waals surface area contributed by atoms with E-state index in [1.165, 1.54) is 5.56 Å². The molecule has 2 rings (SSSR count). The van der Waals surface area contributed by atoms with Crippen LogP contribution in [0.3, 0.4) is 0 Å². The molecule has 1 heterocycles. The summed E-state index contributed by atoms with van der Waals surface area (Å²) >= 11 is 0. The van der Waals surface area contributed by atoms with Crippen molar-refractivity contribution in [2.75, 3.05) is 0 Å². The lowest BCUT2D eigenvalue weighted by Crippen LogP contribution is -2.12. The molecule has 0 bridgehead atoms. The lowest BCUT2D eigenvalue weighted by molar-refractivity contribution is 0.845. The second-order valence-electron chi connectivity index (χ2n) is 3.75. The van der Waals surface area contributed by atoms with Gasteiger partial charge in [-0.2, -0.15) is 10.2 Å². The van der Waals surface area contributed by atoms with Crippen molar-refractivity contribution in [3.05, 3.63) is 59.4 Å². The fraction of sp³-hybridized carbons (Fsp3) is 0.231. The van der Waals surface area contributed by atoms with E-state index in [1.807, 2.05) is 6.07 Å². The monoisotopic (exact) mass is 213 g/mol. The zero-order valence-electron chi connectivity index (χ0n) is 9.30. The van der Waals surface area contributed by atoms with Crippen LogP contribution in [0.4, 0.5) is 0 Å². The van der Waals surface area contributed by atoms with Crippen LogP contribution in [0.5, 0.6) is 0 Å². The fourth-order valence-corrected chi connectivity index (χ4v) is 1.64. The predicted molar refractivity (Wildman–Crippen MR) is 63.9 cm³/mol. The first-order chi connectivity index (χ1) is 7.81. The molecule has 2 N–H and O–H groups in total. The molecule has 3 heteroatoms. The maximum Gasteiger partial charge on any atom is 0.0568 e. The standard InChI is InChI=1S/C13H15N3/c1-2-10-3-5-11(6-4-10)13(14)12-7-8-15-16-9-12/h3-9,13H,2,14H2,1H3. The Labute approximate surface area is 95.3 Å². The predicted octanol–water partition coefficient (Wildman–Crippen LogP) is 2.09. The van der Waals surface area contributed by atoms with Crippen LogP contribution >= 0.6 is 0 Å². The van der Waals surface area contributed by atoms with Gasteiger partial charge in [0.2, 0.25) is 0 Å². The van der Waals surface area contributed by atoms with Gasteiger partial charge in [0.25, 0.3) is 0 Å².